The van der Waals surface area contributed by atoms with E-state index in [1.54, 1.807) is 6.07 Å². The second kappa shape index (κ2) is 5.14. The minimum atomic E-state index is -4.38. The van der Waals surface area contributed by atoms with Gasteiger partial charge in [0, 0.05) is 13.1 Å². The average Bonchev–Trinajstić information content (AvgIpc) is 2.54. The van der Waals surface area contributed by atoms with E-state index in [1.807, 2.05) is 0 Å². The standard InChI is InChI=1S/C12H14F4N2/c13-9-4-1-2-5-10(9)18-7-3-6-17-8-11(18)12(14,15)16/h1-2,4-5,11,17H,3,6-8H2. The Labute approximate surface area is 103 Å². The molecule has 1 aromatic carbocycles. The maximum atomic E-state index is 13.6. The molecule has 6 heteroatoms. The van der Waals surface area contributed by atoms with Crippen molar-refractivity contribution in [1.82, 2.24) is 5.32 Å². The first-order chi connectivity index (χ1) is 8.50. The third kappa shape index (κ3) is 2.75. The number of rotatable bonds is 1. The summed E-state index contributed by atoms with van der Waals surface area (Å²) >= 11 is 0. The van der Waals surface area contributed by atoms with Gasteiger partial charge in [0.25, 0.3) is 0 Å². The van der Waals surface area contributed by atoms with Crippen molar-refractivity contribution in [2.75, 3.05) is 24.5 Å². The topological polar surface area (TPSA) is 15.3 Å². The van der Waals surface area contributed by atoms with E-state index in [-0.39, 0.29) is 18.8 Å². The van der Waals surface area contributed by atoms with Crippen LogP contribution in [0.2, 0.25) is 0 Å². The summed E-state index contributed by atoms with van der Waals surface area (Å²) in [5.74, 6) is -0.617. The van der Waals surface area contributed by atoms with Crippen LogP contribution in [0.4, 0.5) is 23.2 Å². The van der Waals surface area contributed by atoms with E-state index in [2.05, 4.69) is 5.32 Å². The van der Waals surface area contributed by atoms with Gasteiger partial charge in [0.1, 0.15) is 11.9 Å². The van der Waals surface area contributed by atoms with Crippen molar-refractivity contribution in [2.45, 2.75) is 18.6 Å². The molecule has 18 heavy (non-hydrogen) atoms. The molecule has 1 fully saturated rings. The second-order valence-corrected chi connectivity index (χ2v) is 4.26. The molecule has 0 amide bonds. The number of halogens is 4. The first kappa shape index (κ1) is 13.1. The summed E-state index contributed by atoms with van der Waals surface area (Å²) in [6.45, 7) is 0.494. The highest BCUT2D eigenvalue weighted by Gasteiger charge is 2.44. The van der Waals surface area contributed by atoms with Gasteiger partial charge in [-0.15, -0.1) is 0 Å². The summed E-state index contributed by atoms with van der Waals surface area (Å²) in [6, 6.07) is 3.90. The third-order valence-corrected chi connectivity index (χ3v) is 3.01. The number of hydrogen-bond acceptors (Lipinski definition) is 2. The highest BCUT2D eigenvalue weighted by molar-refractivity contribution is 5.49. The average molecular weight is 262 g/mol. The molecule has 100 valence electrons. The van der Waals surface area contributed by atoms with Crippen LogP contribution in [0, 0.1) is 5.82 Å². The molecular weight excluding hydrogens is 248 g/mol. The zero-order valence-electron chi connectivity index (χ0n) is 9.67. The third-order valence-electron chi connectivity index (χ3n) is 3.01. The Kier molecular flexibility index (Phi) is 3.75. The lowest BCUT2D eigenvalue weighted by atomic mass is 10.2. The molecule has 0 spiro atoms. The molecule has 2 nitrogen and oxygen atoms in total. The van der Waals surface area contributed by atoms with Gasteiger partial charge in [0.15, 0.2) is 0 Å². The lowest BCUT2D eigenvalue weighted by Gasteiger charge is -2.33. The molecule has 2 rings (SSSR count). The quantitative estimate of drug-likeness (QED) is 0.782. The summed E-state index contributed by atoms with van der Waals surface area (Å²) < 4.78 is 52.6. The van der Waals surface area contributed by atoms with Gasteiger partial charge in [0.2, 0.25) is 0 Å². The first-order valence-electron chi connectivity index (χ1n) is 5.79. The molecule has 0 saturated carbocycles. The zero-order valence-corrected chi connectivity index (χ0v) is 9.67. The Morgan fingerprint density at radius 3 is 2.61 bits per heavy atom. The number of alkyl halides is 3. The van der Waals surface area contributed by atoms with Crippen molar-refractivity contribution in [2.24, 2.45) is 0 Å². The molecule has 0 aliphatic carbocycles. The lowest BCUT2D eigenvalue weighted by Crippen LogP contribution is -2.50. The number of benzene rings is 1. The van der Waals surface area contributed by atoms with Crippen LogP contribution in [0.3, 0.4) is 0 Å². The molecule has 1 N–H and O–H groups in total. The summed E-state index contributed by atoms with van der Waals surface area (Å²) in [5, 5.41) is 2.74. The minimum absolute atomic E-state index is 0.0172. The summed E-state index contributed by atoms with van der Waals surface area (Å²) in [7, 11) is 0. The van der Waals surface area contributed by atoms with Crippen LogP contribution in [-0.4, -0.2) is 31.9 Å². The first-order valence-corrected chi connectivity index (χ1v) is 5.79. The molecule has 0 aromatic heterocycles. The molecule has 1 saturated heterocycles. The molecule has 1 aliphatic heterocycles. The SMILES string of the molecule is Fc1ccccc1N1CCCNCC1C(F)(F)F. The molecule has 1 aliphatic rings. The van der Waals surface area contributed by atoms with Crippen LogP contribution >= 0.6 is 0 Å². The normalized spacial score (nSPS) is 21.8. The fraction of sp³-hybridized carbons (Fsp3) is 0.500. The van der Waals surface area contributed by atoms with Gasteiger partial charge in [-0.25, -0.2) is 4.39 Å². The zero-order chi connectivity index (χ0) is 13.2. The minimum Gasteiger partial charge on any atom is -0.356 e. The Morgan fingerprint density at radius 1 is 1.22 bits per heavy atom. The van der Waals surface area contributed by atoms with E-state index in [0.717, 1.165) is 4.90 Å². The van der Waals surface area contributed by atoms with E-state index < -0.39 is 18.0 Å². The molecule has 1 atom stereocenters. The van der Waals surface area contributed by atoms with Crippen LogP contribution in [-0.2, 0) is 0 Å². The van der Waals surface area contributed by atoms with Crippen molar-refractivity contribution in [3.63, 3.8) is 0 Å². The fourth-order valence-corrected chi connectivity index (χ4v) is 2.14. The van der Waals surface area contributed by atoms with Gasteiger partial charge in [-0.05, 0) is 25.1 Å². The maximum Gasteiger partial charge on any atom is 0.409 e. The van der Waals surface area contributed by atoms with Gasteiger partial charge in [-0.3, -0.25) is 0 Å². The Balaban J connectivity index is 2.34. The van der Waals surface area contributed by atoms with Crippen LogP contribution in [0.15, 0.2) is 24.3 Å². The van der Waals surface area contributed by atoms with E-state index in [1.165, 1.54) is 18.2 Å². The predicted octanol–water partition coefficient (Wildman–Crippen LogP) is 2.56. The highest BCUT2D eigenvalue weighted by atomic mass is 19.4. The summed E-state index contributed by atoms with van der Waals surface area (Å²) in [5.41, 5.74) is 0.0172. The monoisotopic (exact) mass is 262 g/mol. The largest absolute Gasteiger partial charge is 0.409 e. The van der Waals surface area contributed by atoms with Gasteiger partial charge in [0.05, 0.1) is 5.69 Å². The van der Waals surface area contributed by atoms with Gasteiger partial charge >= 0.3 is 6.18 Å². The van der Waals surface area contributed by atoms with E-state index in [4.69, 9.17) is 0 Å². The Hall–Kier alpha value is -1.30. The second-order valence-electron chi connectivity index (χ2n) is 4.26. The molecule has 1 aromatic rings. The van der Waals surface area contributed by atoms with E-state index >= 15 is 0 Å². The Morgan fingerprint density at radius 2 is 1.94 bits per heavy atom. The van der Waals surface area contributed by atoms with Gasteiger partial charge in [-0.1, -0.05) is 12.1 Å². The molecule has 1 unspecified atom stereocenters. The highest BCUT2D eigenvalue weighted by Crippen LogP contribution is 2.31. The van der Waals surface area contributed by atoms with Crippen LogP contribution in [0.1, 0.15) is 6.42 Å². The summed E-state index contributed by atoms with van der Waals surface area (Å²) in [4.78, 5) is 1.11. The number of para-hydroxylation sites is 1. The van der Waals surface area contributed by atoms with E-state index in [9.17, 15) is 17.6 Å². The number of nitrogens with zero attached hydrogens (tertiary/aromatic N) is 1. The van der Waals surface area contributed by atoms with Crippen LogP contribution in [0.25, 0.3) is 0 Å². The maximum absolute atomic E-state index is 13.6. The van der Waals surface area contributed by atoms with E-state index in [0.29, 0.717) is 13.0 Å². The number of anilines is 1. The van der Waals surface area contributed by atoms with Crippen molar-refractivity contribution >= 4 is 5.69 Å². The summed E-state index contributed by atoms with van der Waals surface area (Å²) in [6.07, 6.45) is -3.82. The Bertz CT molecular complexity index is 405. The number of nitrogens with one attached hydrogen (secondary N) is 1. The van der Waals surface area contributed by atoms with Crippen LogP contribution < -0.4 is 10.2 Å². The van der Waals surface area contributed by atoms with Crippen LogP contribution in [0.5, 0.6) is 0 Å². The predicted molar refractivity (Wildman–Crippen MR) is 61.1 cm³/mol. The molecule has 0 radical (unpaired) electrons. The van der Waals surface area contributed by atoms with Crippen molar-refractivity contribution in [1.29, 1.82) is 0 Å². The smallest absolute Gasteiger partial charge is 0.356 e. The van der Waals surface area contributed by atoms with Crippen molar-refractivity contribution in [3.8, 4) is 0 Å². The number of hydrogen-bond donors (Lipinski definition) is 1. The lowest BCUT2D eigenvalue weighted by molar-refractivity contribution is -0.147. The fourth-order valence-electron chi connectivity index (χ4n) is 2.14. The molecule has 0 bridgehead atoms. The van der Waals surface area contributed by atoms with Gasteiger partial charge in [-0.2, -0.15) is 13.2 Å². The van der Waals surface area contributed by atoms with Crippen molar-refractivity contribution in [3.05, 3.63) is 30.1 Å². The molecule has 1 heterocycles. The van der Waals surface area contributed by atoms with Crippen molar-refractivity contribution < 1.29 is 17.6 Å². The van der Waals surface area contributed by atoms with Gasteiger partial charge < -0.3 is 10.2 Å². The molecular formula is C12H14F4N2.